The number of ether oxygens (including phenoxy) is 1. The van der Waals surface area contributed by atoms with Crippen LogP contribution >= 0.6 is 0 Å². The number of nitrogens with one attached hydrogen (secondary N) is 3. The van der Waals surface area contributed by atoms with Crippen molar-refractivity contribution in [3.63, 3.8) is 0 Å². The Balaban J connectivity index is 1.73. The number of aryl methyl sites for hydroxylation is 2. The van der Waals surface area contributed by atoms with Crippen LogP contribution in [0.15, 0.2) is 6.07 Å². The molecule has 4 heterocycles. The number of hydrogen-bond donors (Lipinski definition) is 3. The molecule has 3 N–H and O–H groups in total. The van der Waals surface area contributed by atoms with E-state index in [9.17, 15) is 0 Å². The zero-order chi connectivity index (χ0) is 16.0. The number of hydrogen-bond acceptors (Lipinski definition) is 7. The maximum absolute atomic E-state index is 5.43. The molecule has 2 aliphatic rings. The predicted octanol–water partition coefficient (Wildman–Crippen LogP) is 1.08. The van der Waals surface area contributed by atoms with Gasteiger partial charge < -0.3 is 20.7 Å². The van der Waals surface area contributed by atoms with E-state index in [4.69, 9.17) is 4.74 Å². The first-order valence-corrected chi connectivity index (χ1v) is 8.00. The summed E-state index contributed by atoms with van der Waals surface area (Å²) in [5.41, 5.74) is 3.01. The lowest BCUT2D eigenvalue weighted by atomic mass is 9.81. The van der Waals surface area contributed by atoms with E-state index in [0.29, 0.717) is 5.95 Å². The fourth-order valence-corrected chi connectivity index (χ4v) is 3.56. The summed E-state index contributed by atoms with van der Waals surface area (Å²) in [6, 6.07) is 2.34. The molecule has 4 rings (SSSR count). The number of anilines is 2. The maximum Gasteiger partial charge on any atom is 0.227 e. The number of nitrogens with zero attached hydrogens (tertiary/aromatic N) is 3. The summed E-state index contributed by atoms with van der Waals surface area (Å²) in [6.45, 7) is 7.52. The highest BCUT2D eigenvalue weighted by Crippen LogP contribution is 2.35. The summed E-state index contributed by atoms with van der Waals surface area (Å²) in [4.78, 5) is 13.9. The van der Waals surface area contributed by atoms with E-state index in [-0.39, 0.29) is 11.5 Å². The largest absolute Gasteiger partial charge is 0.380 e. The van der Waals surface area contributed by atoms with Gasteiger partial charge in [-0.15, -0.1) is 0 Å². The molecule has 7 heteroatoms. The van der Waals surface area contributed by atoms with Gasteiger partial charge in [0, 0.05) is 25.8 Å². The Hall–Kier alpha value is -1.99. The second-order valence-corrected chi connectivity index (χ2v) is 6.61. The number of pyridine rings is 1. The van der Waals surface area contributed by atoms with Crippen molar-refractivity contribution in [3.05, 3.63) is 17.3 Å². The van der Waals surface area contributed by atoms with E-state index in [2.05, 4.69) is 43.9 Å². The first kappa shape index (κ1) is 14.6. The van der Waals surface area contributed by atoms with Gasteiger partial charge in [0.25, 0.3) is 0 Å². The Morgan fingerprint density at radius 3 is 2.78 bits per heavy atom. The normalized spacial score (nSPS) is 22.3. The van der Waals surface area contributed by atoms with Crippen molar-refractivity contribution in [3.8, 4) is 0 Å². The van der Waals surface area contributed by atoms with Gasteiger partial charge >= 0.3 is 0 Å². The van der Waals surface area contributed by atoms with E-state index in [1.807, 2.05) is 14.0 Å². The van der Waals surface area contributed by atoms with E-state index < -0.39 is 0 Å². The fourth-order valence-electron chi connectivity index (χ4n) is 3.56. The summed E-state index contributed by atoms with van der Waals surface area (Å²) in [7, 11) is 1.88. The SMILES string of the molecule is CNc1nc(NC2CNCC23COC3)nc2nc(C)cc(C)c12. The highest BCUT2D eigenvalue weighted by Gasteiger charge is 2.49. The molecule has 122 valence electrons. The highest BCUT2D eigenvalue weighted by molar-refractivity contribution is 5.90. The number of fused-ring (bicyclic) bond motifs is 1. The number of aromatic nitrogens is 3. The predicted molar refractivity (Wildman–Crippen MR) is 89.9 cm³/mol. The van der Waals surface area contributed by atoms with Crippen molar-refractivity contribution in [2.24, 2.45) is 5.41 Å². The van der Waals surface area contributed by atoms with Crippen LogP contribution in [0.5, 0.6) is 0 Å². The molecule has 1 spiro atoms. The van der Waals surface area contributed by atoms with Crippen LogP contribution in [0.2, 0.25) is 0 Å². The van der Waals surface area contributed by atoms with Crippen LogP contribution in [-0.4, -0.2) is 54.3 Å². The molecular weight excluding hydrogens is 292 g/mol. The highest BCUT2D eigenvalue weighted by atomic mass is 16.5. The van der Waals surface area contributed by atoms with Crippen molar-refractivity contribution in [1.82, 2.24) is 20.3 Å². The summed E-state index contributed by atoms with van der Waals surface area (Å²) in [6.07, 6.45) is 0. The molecule has 1 atom stereocenters. The minimum atomic E-state index is 0.175. The Kier molecular flexibility index (Phi) is 3.35. The first-order valence-electron chi connectivity index (χ1n) is 8.00. The molecule has 2 aromatic heterocycles. The summed E-state index contributed by atoms with van der Waals surface area (Å²) < 4.78 is 5.43. The minimum absolute atomic E-state index is 0.175. The van der Waals surface area contributed by atoms with Gasteiger partial charge in [-0.25, -0.2) is 4.98 Å². The number of rotatable bonds is 3. The average molecular weight is 314 g/mol. The second kappa shape index (κ2) is 5.28. The molecule has 0 aliphatic carbocycles. The Morgan fingerprint density at radius 1 is 1.26 bits per heavy atom. The molecule has 23 heavy (non-hydrogen) atoms. The zero-order valence-corrected chi connectivity index (χ0v) is 13.7. The quantitative estimate of drug-likeness (QED) is 0.782. The van der Waals surface area contributed by atoms with Crippen LogP contribution in [0.25, 0.3) is 11.0 Å². The van der Waals surface area contributed by atoms with E-state index >= 15 is 0 Å². The minimum Gasteiger partial charge on any atom is -0.380 e. The molecule has 0 bridgehead atoms. The van der Waals surface area contributed by atoms with Gasteiger partial charge in [-0.1, -0.05) is 0 Å². The van der Waals surface area contributed by atoms with Gasteiger partial charge in [0.15, 0.2) is 5.65 Å². The second-order valence-electron chi connectivity index (χ2n) is 6.61. The van der Waals surface area contributed by atoms with Crippen molar-refractivity contribution in [1.29, 1.82) is 0 Å². The van der Waals surface area contributed by atoms with Gasteiger partial charge in [-0.3, -0.25) is 0 Å². The molecule has 2 aromatic rings. The van der Waals surface area contributed by atoms with Crippen LogP contribution in [-0.2, 0) is 4.74 Å². The van der Waals surface area contributed by atoms with Gasteiger partial charge in [-0.2, -0.15) is 9.97 Å². The molecule has 2 fully saturated rings. The van der Waals surface area contributed by atoms with Crippen LogP contribution in [0.4, 0.5) is 11.8 Å². The molecule has 0 radical (unpaired) electrons. The lowest BCUT2D eigenvalue weighted by Gasteiger charge is -2.42. The van der Waals surface area contributed by atoms with Crippen LogP contribution < -0.4 is 16.0 Å². The summed E-state index contributed by atoms with van der Waals surface area (Å²) in [5, 5.41) is 11.1. The van der Waals surface area contributed by atoms with Crippen LogP contribution in [0.3, 0.4) is 0 Å². The molecule has 0 saturated carbocycles. The van der Waals surface area contributed by atoms with Crippen LogP contribution in [0, 0.1) is 19.3 Å². The summed E-state index contributed by atoms with van der Waals surface area (Å²) >= 11 is 0. The third-order valence-electron chi connectivity index (χ3n) is 4.88. The molecule has 7 nitrogen and oxygen atoms in total. The van der Waals surface area contributed by atoms with Crippen molar-refractivity contribution < 1.29 is 4.74 Å². The van der Waals surface area contributed by atoms with Crippen molar-refractivity contribution in [2.45, 2.75) is 19.9 Å². The Morgan fingerprint density at radius 2 is 2.09 bits per heavy atom. The van der Waals surface area contributed by atoms with Gasteiger partial charge in [0.1, 0.15) is 5.82 Å². The van der Waals surface area contributed by atoms with E-state index in [1.54, 1.807) is 0 Å². The molecule has 0 aromatic carbocycles. The van der Waals surface area contributed by atoms with E-state index in [0.717, 1.165) is 54.4 Å². The smallest absolute Gasteiger partial charge is 0.227 e. The van der Waals surface area contributed by atoms with Crippen LogP contribution in [0.1, 0.15) is 11.3 Å². The third-order valence-corrected chi connectivity index (χ3v) is 4.88. The van der Waals surface area contributed by atoms with Gasteiger partial charge in [0.05, 0.1) is 30.1 Å². The third kappa shape index (κ3) is 2.31. The zero-order valence-electron chi connectivity index (χ0n) is 13.7. The maximum atomic E-state index is 5.43. The molecule has 2 aliphatic heterocycles. The topological polar surface area (TPSA) is 84.0 Å². The monoisotopic (exact) mass is 314 g/mol. The first-order chi connectivity index (χ1) is 11.1. The Bertz CT molecular complexity index is 758. The lowest BCUT2D eigenvalue weighted by Crippen LogP contribution is -2.54. The summed E-state index contributed by atoms with van der Waals surface area (Å²) in [5.74, 6) is 1.44. The average Bonchev–Trinajstić information content (AvgIpc) is 2.89. The molecule has 0 amide bonds. The molecule has 2 saturated heterocycles. The lowest BCUT2D eigenvalue weighted by molar-refractivity contribution is -0.104. The standard InChI is InChI=1S/C16H22N6O/c1-9-4-10(2)19-14-12(9)13(17-3)21-15(22-14)20-11-5-18-6-16(11)7-23-8-16/h4,11,18H,5-8H2,1-3H3,(H2,17,19,20,21,22). The van der Waals surface area contributed by atoms with Crippen molar-refractivity contribution in [2.75, 3.05) is 44.0 Å². The van der Waals surface area contributed by atoms with E-state index in [1.165, 1.54) is 0 Å². The fraction of sp³-hybridized carbons (Fsp3) is 0.562. The Labute approximate surface area is 135 Å². The van der Waals surface area contributed by atoms with Crippen molar-refractivity contribution >= 4 is 22.8 Å². The molecular formula is C16H22N6O. The molecule has 1 unspecified atom stereocenters. The van der Waals surface area contributed by atoms with Gasteiger partial charge in [-0.05, 0) is 25.5 Å². The van der Waals surface area contributed by atoms with Gasteiger partial charge in [0.2, 0.25) is 5.95 Å².